The summed E-state index contributed by atoms with van der Waals surface area (Å²) in [6, 6.07) is 31.6. The minimum atomic E-state index is -3.00. The molecule has 0 radical (unpaired) electrons. The van der Waals surface area contributed by atoms with Crippen molar-refractivity contribution in [2.45, 2.75) is 56.7 Å². The fraction of sp³-hybridized carbons (Fsp3) is 0.321. The molecule has 0 heterocycles. The van der Waals surface area contributed by atoms with Gasteiger partial charge in [-0.2, -0.15) is 0 Å². The maximum atomic E-state index is 12.2. The van der Waals surface area contributed by atoms with Crippen LogP contribution in [0.4, 0.5) is 0 Å². The predicted molar refractivity (Wildman–Crippen MR) is 132 cm³/mol. The number of nitrogens with zero attached hydrogens (tertiary/aromatic N) is 1. The van der Waals surface area contributed by atoms with Crippen molar-refractivity contribution in [2.75, 3.05) is 0 Å². The van der Waals surface area contributed by atoms with Crippen LogP contribution in [-0.2, 0) is 19.9 Å². The first-order valence-corrected chi connectivity index (χ1v) is 12.8. The van der Waals surface area contributed by atoms with E-state index >= 15 is 0 Å². The maximum absolute atomic E-state index is 12.2. The average Bonchev–Trinajstić information content (AvgIpc) is 2.78. The Morgan fingerprint density at radius 2 is 0.806 bits per heavy atom. The third kappa shape index (κ3) is 3.52. The number of hydrogen-bond donors (Lipinski definition) is 0. The highest BCUT2D eigenvalue weighted by Gasteiger charge is 2.67. The van der Waals surface area contributed by atoms with E-state index in [1.807, 2.05) is 18.2 Å². The quantitative estimate of drug-likeness (QED) is 0.231. The van der Waals surface area contributed by atoms with Crippen molar-refractivity contribution in [1.29, 1.82) is 0 Å². The van der Waals surface area contributed by atoms with E-state index in [0.29, 0.717) is 0 Å². The van der Waals surface area contributed by atoms with Gasteiger partial charge in [0.25, 0.3) is 0 Å². The van der Waals surface area contributed by atoms with Gasteiger partial charge in [-0.1, -0.05) is 133 Å². The zero-order chi connectivity index (χ0) is 22.8. The van der Waals surface area contributed by atoms with Gasteiger partial charge in [0.2, 0.25) is 14.3 Å². The molecular weight excluding hydrogens is 394 g/mol. The van der Waals surface area contributed by atoms with Gasteiger partial charge in [-0.05, 0) is 16.7 Å². The van der Waals surface area contributed by atoms with Gasteiger partial charge in [0, 0.05) is 15.1 Å². The molecule has 0 saturated carbocycles. The third-order valence-electron chi connectivity index (χ3n) is 7.41. The molecule has 0 N–H and O–H groups in total. The predicted octanol–water partition coefficient (Wildman–Crippen LogP) is 6.82. The SMILES string of the molecule is CC(C)(c1ccccc1)[Si](N=C=O)(C(C)(C)c1ccccc1)C(C)(C)c1ccccc1. The van der Waals surface area contributed by atoms with Gasteiger partial charge in [-0.15, -0.1) is 0 Å². The summed E-state index contributed by atoms with van der Waals surface area (Å²) in [5, 5.41) is -1.07. The van der Waals surface area contributed by atoms with Crippen molar-refractivity contribution in [3.05, 3.63) is 108 Å². The van der Waals surface area contributed by atoms with Gasteiger partial charge >= 0.3 is 0 Å². The maximum Gasteiger partial charge on any atom is 0.227 e. The average molecular weight is 428 g/mol. The molecule has 0 saturated heterocycles. The smallest absolute Gasteiger partial charge is 0.227 e. The molecule has 3 aromatic carbocycles. The van der Waals surface area contributed by atoms with Crippen LogP contribution in [-0.4, -0.2) is 14.3 Å². The Balaban J connectivity index is 2.46. The lowest BCUT2D eigenvalue weighted by atomic mass is 9.99. The van der Waals surface area contributed by atoms with Crippen molar-refractivity contribution in [3.63, 3.8) is 0 Å². The number of hydrogen-bond acceptors (Lipinski definition) is 2. The fourth-order valence-corrected chi connectivity index (χ4v) is 13.4. The molecule has 0 aromatic heterocycles. The molecule has 31 heavy (non-hydrogen) atoms. The lowest BCUT2D eigenvalue weighted by Crippen LogP contribution is -2.73. The molecule has 0 aliphatic rings. The first-order chi connectivity index (χ1) is 14.6. The molecule has 0 fully saturated rings. The molecule has 0 aliphatic carbocycles. The summed E-state index contributed by atoms with van der Waals surface area (Å²) in [5.74, 6) is 0. The Labute approximate surface area is 188 Å². The molecule has 0 unspecified atom stereocenters. The van der Waals surface area contributed by atoms with Gasteiger partial charge in [0.15, 0.2) is 0 Å². The fourth-order valence-electron chi connectivity index (χ4n) is 6.02. The largest absolute Gasteiger partial charge is 0.245 e. The van der Waals surface area contributed by atoms with Gasteiger partial charge in [-0.3, -0.25) is 0 Å². The summed E-state index contributed by atoms with van der Waals surface area (Å²) in [6.45, 7) is 13.6. The summed E-state index contributed by atoms with van der Waals surface area (Å²) in [6.07, 6.45) is 2.07. The highest BCUT2D eigenvalue weighted by atomic mass is 28.3. The summed E-state index contributed by atoms with van der Waals surface area (Å²) in [5.41, 5.74) is 3.61. The molecular formula is C28H33NOSi. The van der Waals surface area contributed by atoms with Crippen molar-refractivity contribution < 1.29 is 4.79 Å². The van der Waals surface area contributed by atoms with Crippen molar-refractivity contribution in [2.24, 2.45) is 4.66 Å². The summed E-state index contributed by atoms with van der Waals surface area (Å²) < 4.78 is 4.93. The minimum absolute atomic E-state index is 0.357. The van der Waals surface area contributed by atoms with E-state index in [-0.39, 0.29) is 15.1 Å². The van der Waals surface area contributed by atoms with Gasteiger partial charge in [0.05, 0.1) is 0 Å². The topological polar surface area (TPSA) is 29.4 Å². The van der Waals surface area contributed by atoms with Gasteiger partial charge in [0.1, 0.15) is 0 Å². The lowest BCUT2D eigenvalue weighted by Gasteiger charge is -2.58. The second-order valence-electron chi connectivity index (χ2n) is 9.89. The minimum Gasteiger partial charge on any atom is -0.245 e. The molecule has 0 atom stereocenters. The zero-order valence-corrected chi connectivity index (χ0v) is 20.5. The van der Waals surface area contributed by atoms with E-state index < -0.39 is 8.24 Å². The Kier molecular flexibility index (Phi) is 6.22. The highest BCUT2D eigenvalue weighted by Crippen LogP contribution is 2.55. The second-order valence-corrected chi connectivity index (χ2v) is 15.3. The van der Waals surface area contributed by atoms with Gasteiger partial charge in [-0.25, -0.2) is 9.45 Å². The molecule has 3 rings (SSSR count). The molecule has 2 nitrogen and oxygen atoms in total. The summed E-state index contributed by atoms with van der Waals surface area (Å²) >= 11 is 0. The van der Waals surface area contributed by atoms with Crippen LogP contribution in [0.1, 0.15) is 58.2 Å². The van der Waals surface area contributed by atoms with E-state index in [4.69, 9.17) is 4.66 Å². The Morgan fingerprint density at radius 1 is 0.548 bits per heavy atom. The van der Waals surface area contributed by atoms with Crippen molar-refractivity contribution >= 4 is 14.3 Å². The number of carbonyl (C=O) groups excluding carboxylic acids is 1. The molecule has 0 aliphatic heterocycles. The van der Waals surface area contributed by atoms with Gasteiger partial charge < -0.3 is 0 Å². The molecule has 0 amide bonds. The van der Waals surface area contributed by atoms with Crippen LogP contribution < -0.4 is 0 Å². The normalized spacial score (nSPS) is 12.8. The summed E-state index contributed by atoms with van der Waals surface area (Å²) in [4.78, 5) is 12.2. The lowest BCUT2D eigenvalue weighted by molar-refractivity contribution is 0.516. The Hall–Kier alpha value is -2.74. The van der Waals surface area contributed by atoms with E-state index in [1.165, 1.54) is 16.7 Å². The molecule has 0 bridgehead atoms. The third-order valence-corrected chi connectivity index (χ3v) is 14.1. The van der Waals surface area contributed by atoms with Crippen LogP contribution >= 0.6 is 0 Å². The standard InChI is InChI=1S/C28H33NOSi/c1-26(2,23-16-10-7-11-17-23)31(29-22-30,27(3,4)24-18-12-8-13-19-24)28(5,6)25-20-14-9-15-21-25/h7-21H,1-6H3. The highest BCUT2D eigenvalue weighted by molar-refractivity contribution is 6.86. The zero-order valence-electron chi connectivity index (χ0n) is 19.5. The van der Waals surface area contributed by atoms with Crippen LogP contribution in [0.3, 0.4) is 0 Å². The monoisotopic (exact) mass is 427 g/mol. The van der Waals surface area contributed by atoms with E-state index in [1.54, 1.807) is 0 Å². The molecule has 3 aromatic rings. The Morgan fingerprint density at radius 3 is 1.03 bits per heavy atom. The van der Waals surface area contributed by atoms with Crippen molar-refractivity contribution in [1.82, 2.24) is 0 Å². The molecule has 3 heteroatoms. The number of benzene rings is 3. The number of rotatable bonds is 7. The van der Waals surface area contributed by atoms with Crippen LogP contribution in [0.2, 0.25) is 0 Å². The van der Waals surface area contributed by atoms with Crippen LogP contribution in [0.25, 0.3) is 0 Å². The second kappa shape index (κ2) is 8.41. The first kappa shape index (κ1) is 22.9. The van der Waals surface area contributed by atoms with E-state index in [0.717, 1.165) is 0 Å². The Bertz CT molecular complexity index is 925. The molecule has 0 spiro atoms. The van der Waals surface area contributed by atoms with E-state index in [2.05, 4.69) is 120 Å². The van der Waals surface area contributed by atoms with Crippen LogP contribution in [0, 0.1) is 0 Å². The molecule has 160 valence electrons. The number of isocyanates is 1. The van der Waals surface area contributed by atoms with E-state index in [9.17, 15) is 4.79 Å². The summed E-state index contributed by atoms with van der Waals surface area (Å²) in [7, 11) is -3.00. The van der Waals surface area contributed by atoms with Crippen LogP contribution in [0.5, 0.6) is 0 Å². The van der Waals surface area contributed by atoms with Crippen LogP contribution in [0.15, 0.2) is 95.7 Å². The first-order valence-electron chi connectivity index (χ1n) is 10.9. The van der Waals surface area contributed by atoms with Crippen molar-refractivity contribution in [3.8, 4) is 0 Å².